The molecule has 11 heteroatoms. The Hall–Kier alpha value is -3.44. The number of hydrogen-bond donors (Lipinski definition) is 2. The van der Waals surface area contributed by atoms with E-state index in [1.165, 1.54) is 12.8 Å². The molecule has 0 aliphatic carbocycles. The molecule has 3 fully saturated rings. The van der Waals surface area contributed by atoms with Gasteiger partial charge in [0.05, 0.1) is 19.4 Å². The zero-order valence-corrected chi connectivity index (χ0v) is 21.5. The summed E-state index contributed by atoms with van der Waals surface area (Å²) in [6, 6.07) is 9.00. The van der Waals surface area contributed by atoms with Gasteiger partial charge in [0.15, 0.2) is 0 Å². The van der Waals surface area contributed by atoms with Crippen molar-refractivity contribution in [2.45, 2.75) is 44.5 Å². The number of amides is 1. The Morgan fingerprint density at radius 3 is 2.57 bits per heavy atom. The number of nitrogens with one attached hydrogen (secondary N) is 1. The van der Waals surface area contributed by atoms with E-state index in [4.69, 9.17) is 9.72 Å². The molecule has 0 saturated carbocycles. The zero-order valence-electron chi connectivity index (χ0n) is 21.5. The number of carbonyl (C=O) groups excluding carboxylic acids is 1. The van der Waals surface area contributed by atoms with E-state index in [1.54, 1.807) is 11.1 Å². The van der Waals surface area contributed by atoms with Crippen LogP contribution < -0.4 is 9.80 Å². The summed E-state index contributed by atoms with van der Waals surface area (Å²) in [7, 11) is 1.41. The maximum atomic E-state index is 12.1. The largest absolute Gasteiger partial charge is 0.453 e. The number of ether oxygens (including phenoxy) is 1. The summed E-state index contributed by atoms with van der Waals surface area (Å²) in [5.74, 6) is 0.632. The molecule has 3 aromatic rings. The number of rotatable bonds is 3. The average molecular weight is 507 g/mol. The standard InChI is InChI=1S/C26H34N8O3/c1-16-12-33(26(36)37-3)13-17(2)34(16)25-27-11-22-24(28-25)23(30-29-22)18-4-6-19(7-5-18)31-8-9-32-15-21(35)10-20(32)14-31/h4-7,11,16-17,20-21,35H,8-10,12-15H2,1-3H3,(H,29,30)/t16-,17+,20?,21-/m0/s1. The predicted molar refractivity (Wildman–Crippen MR) is 141 cm³/mol. The van der Waals surface area contributed by atoms with Crippen molar-refractivity contribution in [1.82, 2.24) is 30.0 Å². The summed E-state index contributed by atoms with van der Waals surface area (Å²) < 4.78 is 4.92. The highest BCUT2D eigenvalue weighted by Gasteiger charge is 2.36. The van der Waals surface area contributed by atoms with E-state index in [1.807, 2.05) is 0 Å². The first-order chi connectivity index (χ1) is 17.9. The number of aromatic amines is 1. The summed E-state index contributed by atoms with van der Waals surface area (Å²) in [5, 5.41) is 17.7. The van der Waals surface area contributed by atoms with Gasteiger partial charge in [-0.1, -0.05) is 12.1 Å². The number of aromatic nitrogens is 4. The summed E-state index contributed by atoms with van der Waals surface area (Å²) in [6.45, 7) is 8.92. The highest BCUT2D eigenvalue weighted by atomic mass is 16.5. The van der Waals surface area contributed by atoms with Crippen LogP contribution in [0.4, 0.5) is 16.4 Å². The van der Waals surface area contributed by atoms with Gasteiger partial charge in [-0.3, -0.25) is 10.00 Å². The first-order valence-electron chi connectivity index (χ1n) is 13.0. The smallest absolute Gasteiger partial charge is 0.409 e. The highest BCUT2D eigenvalue weighted by Crippen LogP contribution is 2.31. The number of hydrogen-bond acceptors (Lipinski definition) is 9. The lowest BCUT2D eigenvalue weighted by Gasteiger charge is -2.43. The number of benzene rings is 1. The van der Waals surface area contributed by atoms with E-state index in [0.717, 1.165) is 54.9 Å². The number of aliphatic hydroxyl groups is 1. The van der Waals surface area contributed by atoms with Gasteiger partial charge in [0.25, 0.3) is 0 Å². The lowest BCUT2D eigenvalue weighted by atomic mass is 10.1. The summed E-state index contributed by atoms with van der Waals surface area (Å²) in [6.07, 6.45) is 2.13. The molecule has 3 aliphatic rings. The Labute approximate surface area is 216 Å². The third-order valence-corrected chi connectivity index (χ3v) is 7.97. The minimum absolute atomic E-state index is 0.0383. The summed E-state index contributed by atoms with van der Waals surface area (Å²) in [5.41, 5.74) is 4.54. The molecule has 0 bridgehead atoms. The maximum absolute atomic E-state index is 12.1. The number of H-pyrrole nitrogens is 1. The number of aliphatic hydroxyl groups excluding tert-OH is 1. The Balaban J connectivity index is 1.23. The van der Waals surface area contributed by atoms with Gasteiger partial charge >= 0.3 is 6.09 Å². The fourth-order valence-corrected chi connectivity index (χ4v) is 6.21. The van der Waals surface area contributed by atoms with E-state index >= 15 is 0 Å². The fraction of sp³-hybridized carbons (Fsp3) is 0.538. The molecule has 1 unspecified atom stereocenters. The monoisotopic (exact) mass is 506 g/mol. The Morgan fingerprint density at radius 1 is 1.08 bits per heavy atom. The van der Waals surface area contributed by atoms with E-state index in [0.29, 0.717) is 25.1 Å². The second-order valence-corrected chi connectivity index (χ2v) is 10.5. The third kappa shape index (κ3) is 4.36. The Kier molecular flexibility index (Phi) is 6.12. The summed E-state index contributed by atoms with van der Waals surface area (Å²) >= 11 is 0. The van der Waals surface area contributed by atoms with Crippen molar-refractivity contribution >= 4 is 28.8 Å². The van der Waals surface area contributed by atoms with Gasteiger partial charge in [-0.25, -0.2) is 14.8 Å². The Morgan fingerprint density at radius 2 is 1.84 bits per heavy atom. The van der Waals surface area contributed by atoms with Crippen LogP contribution in [0.5, 0.6) is 0 Å². The average Bonchev–Trinajstić information content (AvgIpc) is 3.49. The molecule has 4 atom stereocenters. The number of methoxy groups -OCH3 is 1. The molecule has 1 amide bonds. The second-order valence-electron chi connectivity index (χ2n) is 10.5. The minimum Gasteiger partial charge on any atom is -0.453 e. The van der Waals surface area contributed by atoms with Crippen LogP contribution in [0, 0.1) is 0 Å². The molecule has 5 heterocycles. The van der Waals surface area contributed by atoms with Crippen molar-refractivity contribution in [3.8, 4) is 11.3 Å². The minimum atomic E-state index is -0.307. The summed E-state index contributed by atoms with van der Waals surface area (Å²) in [4.78, 5) is 30.3. The molecule has 2 aromatic heterocycles. The number of anilines is 2. The van der Waals surface area contributed by atoms with Crippen LogP contribution in [0.2, 0.25) is 0 Å². The lowest BCUT2D eigenvalue weighted by molar-refractivity contribution is 0.109. The molecular formula is C26H34N8O3. The Bertz CT molecular complexity index is 1270. The van der Waals surface area contributed by atoms with Crippen molar-refractivity contribution in [2.75, 3.05) is 56.2 Å². The van der Waals surface area contributed by atoms with E-state index in [9.17, 15) is 9.90 Å². The second kappa shape index (κ2) is 9.46. The van der Waals surface area contributed by atoms with Crippen LogP contribution in [0.15, 0.2) is 30.5 Å². The lowest BCUT2D eigenvalue weighted by Crippen LogP contribution is -2.58. The van der Waals surface area contributed by atoms with Crippen molar-refractivity contribution < 1.29 is 14.6 Å². The normalized spacial score (nSPS) is 26.5. The zero-order chi connectivity index (χ0) is 25.7. The topological polar surface area (TPSA) is 114 Å². The van der Waals surface area contributed by atoms with Crippen molar-refractivity contribution in [3.63, 3.8) is 0 Å². The van der Waals surface area contributed by atoms with E-state index in [-0.39, 0.29) is 24.3 Å². The third-order valence-electron chi connectivity index (χ3n) is 7.97. The molecule has 11 nitrogen and oxygen atoms in total. The quantitative estimate of drug-likeness (QED) is 0.550. The molecule has 3 saturated heterocycles. The molecule has 6 rings (SSSR count). The van der Waals surface area contributed by atoms with Gasteiger partial charge < -0.3 is 24.5 Å². The van der Waals surface area contributed by atoms with Gasteiger partial charge in [0.1, 0.15) is 16.7 Å². The molecular weight excluding hydrogens is 472 g/mol. The molecule has 1 aromatic carbocycles. The number of nitrogens with zero attached hydrogens (tertiary/aromatic N) is 7. The van der Waals surface area contributed by atoms with Crippen molar-refractivity contribution in [3.05, 3.63) is 30.5 Å². The molecule has 196 valence electrons. The van der Waals surface area contributed by atoms with Crippen LogP contribution in [0.1, 0.15) is 20.3 Å². The molecule has 3 aliphatic heterocycles. The number of piperazine rings is 2. The van der Waals surface area contributed by atoms with E-state index in [2.05, 4.69) is 68.0 Å². The highest BCUT2D eigenvalue weighted by molar-refractivity contribution is 5.90. The first-order valence-corrected chi connectivity index (χ1v) is 13.0. The van der Waals surface area contributed by atoms with Crippen LogP contribution in [0.25, 0.3) is 22.3 Å². The fourth-order valence-electron chi connectivity index (χ4n) is 6.21. The molecule has 0 radical (unpaired) electrons. The SMILES string of the molecule is COC(=O)N1C[C@@H](C)N(c2ncc3[nH]nc(-c4ccc(N5CCN6C[C@@H](O)CC6C5)cc4)c3n2)[C@@H](C)C1. The van der Waals surface area contributed by atoms with Crippen LogP contribution in [-0.2, 0) is 4.74 Å². The van der Waals surface area contributed by atoms with Crippen LogP contribution in [0.3, 0.4) is 0 Å². The van der Waals surface area contributed by atoms with Crippen molar-refractivity contribution in [1.29, 1.82) is 0 Å². The van der Waals surface area contributed by atoms with Gasteiger partial charge in [-0.2, -0.15) is 5.10 Å². The van der Waals surface area contributed by atoms with Gasteiger partial charge in [0, 0.05) is 68.6 Å². The molecule has 2 N–H and O–H groups in total. The van der Waals surface area contributed by atoms with Gasteiger partial charge in [-0.15, -0.1) is 0 Å². The maximum Gasteiger partial charge on any atom is 0.409 e. The van der Waals surface area contributed by atoms with Gasteiger partial charge in [-0.05, 0) is 32.4 Å². The predicted octanol–water partition coefficient (Wildman–Crippen LogP) is 1.94. The number of fused-ring (bicyclic) bond motifs is 2. The van der Waals surface area contributed by atoms with Crippen molar-refractivity contribution in [2.24, 2.45) is 0 Å². The van der Waals surface area contributed by atoms with Crippen LogP contribution in [-0.4, -0.2) is 112 Å². The first kappa shape index (κ1) is 23.9. The van der Waals surface area contributed by atoms with Crippen LogP contribution >= 0.6 is 0 Å². The van der Waals surface area contributed by atoms with Gasteiger partial charge in [0.2, 0.25) is 5.95 Å². The molecule has 0 spiro atoms. The van der Waals surface area contributed by atoms with E-state index < -0.39 is 0 Å². The molecule has 37 heavy (non-hydrogen) atoms. The number of carbonyl (C=O) groups is 1.